The van der Waals surface area contributed by atoms with Crippen molar-refractivity contribution in [2.75, 3.05) is 23.8 Å². The first-order chi connectivity index (χ1) is 19.1. The lowest BCUT2D eigenvalue weighted by molar-refractivity contribution is -0.137. The molecule has 2 unspecified atom stereocenters. The molecule has 3 heterocycles. The average molecular weight is 588 g/mol. The van der Waals surface area contributed by atoms with E-state index in [2.05, 4.69) is 25.3 Å². The lowest BCUT2D eigenvalue weighted by Gasteiger charge is -2.13. The molecule has 8 nitrogen and oxygen atoms in total. The second-order valence-electron chi connectivity index (χ2n) is 9.79. The molecule has 2 aromatic carbocycles. The maximum atomic E-state index is 13.2. The van der Waals surface area contributed by atoms with Gasteiger partial charge in [0.2, 0.25) is 5.91 Å². The normalized spacial score (nSPS) is 19.8. The molecule has 3 N–H and O–H groups in total. The third-order valence-electron chi connectivity index (χ3n) is 7.17. The van der Waals surface area contributed by atoms with Crippen LogP contribution in [-0.4, -0.2) is 34.4 Å². The van der Waals surface area contributed by atoms with Crippen LogP contribution in [0.2, 0.25) is 5.02 Å². The Hall–Kier alpha value is -3.74. The van der Waals surface area contributed by atoms with Gasteiger partial charge in [0.15, 0.2) is 5.82 Å². The minimum atomic E-state index is -4.43. The molecule has 1 saturated carbocycles. The predicted molar refractivity (Wildman–Crippen MR) is 145 cm³/mol. The van der Waals surface area contributed by atoms with Gasteiger partial charge in [-0.15, -0.1) is 0 Å². The quantitative estimate of drug-likeness (QED) is 0.244. The number of nitrogens with one attached hydrogen (secondary N) is 3. The van der Waals surface area contributed by atoms with E-state index >= 15 is 0 Å². The molecule has 13 heteroatoms. The third-order valence-corrected chi connectivity index (χ3v) is 8.37. The van der Waals surface area contributed by atoms with E-state index in [0.29, 0.717) is 40.6 Å². The monoisotopic (exact) mass is 587 g/mol. The molecule has 0 radical (unpaired) electrons. The molecule has 6 rings (SSSR count). The van der Waals surface area contributed by atoms with E-state index in [4.69, 9.17) is 16.3 Å². The summed E-state index contributed by atoms with van der Waals surface area (Å²) >= 11 is 7.42. The highest BCUT2D eigenvalue weighted by Crippen LogP contribution is 2.57. The SMILES string of the molecule is O=C(Nc1ccnc2c(Nc3ccc(C(F)(F)F)cc3)nsc12)c1cc(CNC(=O)C23COCC2C3)ccc1Cl. The number of carbonyl (C=O) groups excluding carboxylic acids is 2. The van der Waals surface area contributed by atoms with Crippen molar-refractivity contribution in [3.05, 3.63) is 76.4 Å². The number of carbonyl (C=O) groups is 2. The Kier molecular flexibility index (Phi) is 6.64. The summed E-state index contributed by atoms with van der Waals surface area (Å²) in [5, 5.41) is 9.01. The van der Waals surface area contributed by atoms with Gasteiger partial charge in [0.25, 0.3) is 5.91 Å². The second kappa shape index (κ2) is 10.0. The number of pyridine rings is 1. The largest absolute Gasteiger partial charge is 0.416 e. The van der Waals surface area contributed by atoms with Gasteiger partial charge in [-0.05, 0) is 66.0 Å². The van der Waals surface area contributed by atoms with Crippen molar-refractivity contribution in [1.29, 1.82) is 0 Å². The van der Waals surface area contributed by atoms with Crippen LogP contribution in [0.25, 0.3) is 10.2 Å². The molecule has 1 saturated heterocycles. The van der Waals surface area contributed by atoms with E-state index in [0.717, 1.165) is 35.6 Å². The number of ether oxygens (including phenoxy) is 1. The highest BCUT2D eigenvalue weighted by atomic mass is 35.5. The number of hydrogen-bond acceptors (Lipinski definition) is 7. The Morgan fingerprint density at radius 2 is 1.95 bits per heavy atom. The summed E-state index contributed by atoms with van der Waals surface area (Å²) in [6.07, 6.45) is -2.09. The molecule has 0 bridgehead atoms. The first kappa shape index (κ1) is 26.5. The molecule has 4 aromatic rings. The van der Waals surface area contributed by atoms with E-state index in [1.165, 1.54) is 18.3 Å². The Morgan fingerprint density at radius 3 is 2.65 bits per heavy atom. The van der Waals surface area contributed by atoms with E-state index in [9.17, 15) is 22.8 Å². The number of hydrogen-bond donors (Lipinski definition) is 3. The molecule has 2 amide bonds. The molecular formula is C27H21ClF3N5O3S. The van der Waals surface area contributed by atoms with Crippen LogP contribution >= 0.6 is 23.1 Å². The fourth-order valence-electron chi connectivity index (χ4n) is 4.81. The minimum Gasteiger partial charge on any atom is -0.380 e. The van der Waals surface area contributed by atoms with Crippen LogP contribution in [0.1, 0.15) is 27.9 Å². The smallest absolute Gasteiger partial charge is 0.380 e. The Bertz CT molecular complexity index is 1630. The average Bonchev–Trinajstić information content (AvgIpc) is 3.25. The van der Waals surface area contributed by atoms with E-state index in [1.54, 1.807) is 24.3 Å². The van der Waals surface area contributed by atoms with Gasteiger partial charge in [0.05, 0.1) is 45.2 Å². The lowest BCUT2D eigenvalue weighted by Crippen LogP contribution is -2.33. The van der Waals surface area contributed by atoms with Gasteiger partial charge < -0.3 is 20.7 Å². The van der Waals surface area contributed by atoms with Gasteiger partial charge in [-0.25, -0.2) is 0 Å². The minimum absolute atomic E-state index is 0.0407. The predicted octanol–water partition coefficient (Wildman–Crippen LogP) is 6.01. The van der Waals surface area contributed by atoms with Crippen molar-refractivity contribution in [2.24, 2.45) is 11.3 Å². The number of alkyl halides is 3. The zero-order valence-corrected chi connectivity index (χ0v) is 22.2. The highest BCUT2D eigenvalue weighted by molar-refractivity contribution is 7.14. The summed E-state index contributed by atoms with van der Waals surface area (Å²) in [4.78, 5) is 30.2. The van der Waals surface area contributed by atoms with Crippen molar-refractivity contribution in [3.63, 3.8) is 0 Å². The van der Waals surface area contributed by atoms with Gasteiger partial charge in [0, 0.05) is 24.3 Å². The molecule has 1 aliphatic heterocycles. The molecule has 2 aliphatic rings. The Morgan fingerprint density at radius 1 is 1.15 bits per heavy atom. The summed E-state index contributed by atoms with van der Waals surface area (Å²) < 4.78 is 48.9. The number of nitrogens with zero attached hydrogens (tertiary/aromatic N) is 2. The maximum absolute atomic E-state index is 13.2. The van der Waals surface area contributed by atoms with Crippen LogP contribution in [0.4, 0.5) is 30.4 Å². The standard InChI is InChI=1S/C27H21ClF3N5O3S/c28-19-6-1-14(11-33-25(38)26-10-16(26)12-39-13-26)9-18(19)24(37)35-20-7-8-32-21-22(20)40-36-23(21)34-17-4-2-15(3-5-17)27(29,30)31/h1-9,16H,10-13H2,(H,33,38)(H,34,36)(H,32,35,37). The summed E-state index contributed by atoms with van der Waals surface area (Å²) in [6, 6.07) is 11.2. The topological polar surface area (TPSA) is 105 Å². The van der Waals surface area contributed by atoms with Gasteiger partial charge >= 0.3 is 6.18 Å². The molecule has 206 valence electrons. The van der Waals surface area contributed by atoms with Gasteiger partial charge in [-0.3, -0.25) is 14.6 Å². The first-order valence-corrected chi connectivity index (χ1v) is 13.4. The number of anilines is 3. The number of rotatable bonds is 7. The molecular weight excluding hydrogens is 567 g/mol. The van der Waals surface area contributed by atoms with Gasteiger partial charge in [-0.1, -0.05) is 17.7 Å². The number of aromatic nitrogens is 2. The number of fused-ring (bicyclic) bond motifs is 2. The van der Waals surface area contributed by atoms with Gasteiger partial charge in [-0.2, -0.15) is 17.5 Å². The van der Waals surface area contributed by atoms with Crippen LogP contribution in [0.3, 0.4) is 0 Å². The summed E-state index contributed by atoms with van der Waals surface area (Å²) in [6.45, 7) is 1.31. The molecule has 1 aliphatic carbocycles. The van der Waals surface area contributed by atoms with Crippen LogP contribution in [0.15, 0.2) is 54.7 Å². The Balaban J connectivity index is 1.16. The van der Waals surface area contributed by atoms with Crippen molar-refractivity contribution >= 4 is 62.4 Å². The first-order valence-electron chi connectivity index (χ1n) is 12.3. The van der Waals surface area contributed by atoms with Crippen molar-refractivity contribution in [2.45, 2.75) is 19.1 Å². The molecule has 40 heavy (non-hydrogen) atoms. The highest BCUT2D eigenvalue weighted by Gasteiger charge is 2.63. The third kappa shape index (κ3) is 4.98. The van der Waals surface area contributed by atoms with Crippen LogP contribution in [-0.2, 0) is 22.3 Å². The molecule has 0 spiro atoms. The van der Waals surface area contributed by atoms with Crippen LogP contribution in [0, 0.1) is 11.3 Å². The fraction of sp³-hybridized carbons (Fsp3) is 0.259. The van der Waals surface area contributed by atoms with E-state index < -0.39 is 23.1 Å². The van der Waals surface area contributed by atoms with E-state index in [-0.39, 0.29) is 29.0 Å². The fourth-order valence-corrected chi connectivity index (χ4v) is 5.78. The molecule has 2 fully saturated rings. The molecule has 2 aromatic heterocycles. The summed E-state index contributed by atoms with van der Waals surface area (Å²) in [5.41, 5.74) is 1.09. The Labute approximate surface area is 235 Å². The van der Waals surface area contributed by atoms with Crippen LogP contribution in [0.5, 0.6) is 0 Å². The summed E-state index contributed by atoms with van der Waals surface area (Å²) in [7, 11) is 0. The number of benzene rings is 2. The number of halogens is 4. The van der Waals surface area contributed by atoms with Crippen molar-refractivity contribution in [1.82, 2.24) is 14.7 Å². The zero-order valence-electron chi connectivity index (χ0n) is 20.6. The number of amides is 2. The van der Waals surface area contributed by atoms with Crippen LogP contribution < -0.4 is 16.0 Å². The van der Waals surface area contributed by atoms with Crippen molar-refractivity contribution in [3.8, 4) is 0 Å². The van der Waals surface area contributed by atoms with Gasteiger partial charge in [0.1, 0.15) is 5.52 Å². The zero-order chi connectivity index (χ0) is 28.1. The summed E-state index contributed by atoms with van der Waals surface area (Å²) in [5.74, 6) is 0.132. The molecule has 2 atom stereocenters. The second-order valence-corrected chi connectivity index (χ2v) is 11.0. The lowest BCUT2D eigenvalue weighted by atomic mass is 10.1. The van der Waals surface area contributed by atoms with Crippen molar-refractivity contribution < 1.29 is 27.5 Å². The maximum Gasteiger partial charge on any atom is 0.416 e. The van der Waals surface area contributed by atoms with E-state index in [1.807, 2.05) is 0 Å².